The standard InChI is InChI=1S/C6H13N5/c1-3-8-4-5-9-6(7)11(2)10-5/h8H,3-4H2,1-2H3,(H2,7,9,10). The minimum Gasteiger partial charge on any atom is -0.368 e. The molecule has 1 aromatic rings. The van der Waals surface area contributed by atoms with E-state index in [1.165, 1.54) is 0 Å². The molecular weight excluding hydrogens is 142 g/mol. The van der Waals surface area contributed by atoms with Crippen molar-refractivity contribution < 1.29 is 0 Å². The van der Waals surface area contributed by atoms with Crippen LogP contribution >= 0.6 is 0 Å². The van der Waals surface area contributed by atoms with Crippen molar-refractivity contribution in [3.05, 3.63) is 5.82 Å². The summed E-state index contributed by atoms with van der Waals surface area (Å²) < 4.78 is 1.56. The van der Waals surface area contributed by atoms with Crippen LogP contribution in [0.2, 0.25) is 0 Å². The lowest BCUT2D eigenvalue weighted by molar-refractivity contribution is 0.672. The van der Waals surface area contributed by atoms with E-state index in [0.717, 1.165) is 12.4 Å². The average Bonchev–Trinajstić information content (AvgIpc) is 2.28. The summed E-state index contributed by atoms with van der Waals surface area (Å²) in [6.07, 6.45) is 0. The SMILES string of the molecule is CCNCc1nc(N)n(C)n1. The van der Waals surface area contributed by atoms with Gasteiger partial charge < -0.3 is 11.1 Å². The molecule has 0 radical (unpaired) electrons. The molecule has 0 saturated heterocycles. The molecule has 11 heavy (non-hydrogen) atoms. The monoisotopic (exact) mass is 155 g/mol. The molecule has 1 aromatic heterocycles. The highest BCUT2D eigenvalue weighted by atomic mass is 15.4. The molecule has 1 heterocycles. The Morgan fingerprint density at radius 2 is 2.36 bits per heavy atom. The van der Waals surface area contributed by atoms with Crippen molar-refractivity contribution in [3.8, 4) is 0 Å². The number of nitrogens with zero attached hydrogens (tertiary/aromatic N) is 3. The second kappa shape index (κ2) is 3.34. The maximum atomic E-state index is 5.47. The Bertz CT molecular complexity index is 209. The predicted molar refractivity (Wildman–Crippen MR) is 42.8 cm³/mol. The number of rotatable bonds is 3. The molecule has 0 aliphatic rings. The smallest absolute Gasteiger partial charge is 0.218 e. The van der Waals surface area contributed by atoms with E-state index in [1.54, 1.807) is 11.7 Å². The second-order valence-electron chi connectivity index (χ2n) is 2.29. The van der Waals surface area contributed by atoms with Crippen LogP contribution in [0.4, 0.5) is 5.95 Å². The first-order valence-electron chi connectivity index (χ1n) is 3.60. The lowest BCUT2D eigenvalue weighted by atomic mass is 10.6. The third kappa shape index (κ3) is 1.91. The van der Waals surface area contributed by atoms with Crippen molar-refractivity contribution in [2.45, 2.75) is 13.5 Å². The van der Waals surface area contributed by atoms with Gasteiger partial charge in [-0.25, -0.2) is 4.68 Å². The van der Waals surface area contributed by atoms with Gasteiger partial charge in [0.15, 0.2) is 5.82 Å². The van der Waals surface area contributed by atoms with Crippen molar-refractivity contribution in [1.29, 1.82) is 0 Å². The van der Waals surface area contributed by atoms with E-state index in [1.807, 2.05) is 6.92 Å². The Morgan fingerprint density at radius 1 is 1.64 bits per heavy atom. The van der Waals surface area contributed by atoms with Crippen LogP contribution in [-0.4, -0.2) is 21.3 Å². The van der Waals surface area contributed by atoms with Crippen LogP contribution in [0.5, 0.6) is 0 Å². The van der Waals surface area contributed by atoms with E-state index in [0.29, 0.717) is 12.5 Å². The zero-order valence-electron chi connectivity index (χ0n) is 6.83. The van der Waals surface area contributed by atoms with Crippen molar-refractivity contribution in [1.82, 2.24) is 20.1 Å². The molecule has 0 unspecified atom stereocenters. The van der Waals surface area contributed by atoms with Gasteiger partial charge in [-0.05, 0) is 6.54 Å². The van der Waals surface area contributed by atoms with Crippen LogP contribution in [-0.2, 0) is 13.6 Å². The summed E-state index contributed by atoms with van der Waals surface area (Å²) in [6, 6.07) is 0. The van der Waals surface area contributed by atoms with Gasteiger partial charge >= 0.3 is 0 Å². The minimum atomic E-state index is 0.456. The number of hydrogen-bond acceptors (Lipinski definition) is 4. The maximum Gasteiger partial charge on any atom is 0.218 e. The van der Waals surface area contributed by atoms with Crippen LogP contribution in [0, 0.1) is 0 Å². The predicted octanol–water partition coefficient (Wildman–Crippen LogP) is -0.493. The maximum absolute atomic E-state index is 5.47. The molecule has 1 rings (SSSR count). The largest absolute Gasteiger partial charge is 0.368 e. The molecule has 0 saturated carbocycles. The fourth-order valence-electron chi connectivity index (χ4n) is 0.763. The van der Waals surface area contributed by atoms with E-state index in [9.17, 15) is 0 Å². The van der Waals surface area contributed by atoms with E-state index in [4.69, 9.17) is 5.73 Å². The molecule has 0 aromatic carbocycles. The molecule has 0 aliphatic carbocycles. The molecule has 0 spiro atoms. The Morgan fingerprint density at radius 3 is 2.82 bits per heavy atom. The molecule has 0 fully saturated rings. The van der Waals surface area contributed by atoms with Crippen molar-refractivity contribution >= 4 is 5.95 Å². The highest BCUT2D eigenvalue weighted by Crippen LogP contribution is 1.95. The zero-order valence-corrected chi connectivity index (χ0v) is 6.83. The van der Waals surface area contributed by atoms with Crippen LogP contribution in [0.15, 0.2) is 0 Å². The summed E-state index contributed by atoms with van der Waals surface area (Å²) in [5.41, 5.74) is 5.47. The highest BCUT2D eigenvalue weighted by molar-refractivity contribution is 5.14. The first-order chi connectivity index (χ1) is 5.24. The highest BCUT2D eigenvalue weighted by Gasteiger charge is 2.00. The third-order valence-corrected chi connectivity index (χ3v) is 1.37. The Balaban J connectivity index is 2.58. The number of nitrogens with two attached hydrogens (primary N) is 1. The lowest BCUT2D eigenvalue weighted by Gasteiger charge is -1.93. The Labute approximate surface area is 65.6 Å². The number of nitrogen functional groups attached to an aromatic ring is 1. The zero-order chi connectivity index (χ0) is 8.27. The molecule has 5 nitrogen and oxygen atoms in total. The molecule has 5 heteroatoms. The summed E-state index contributed by atoms with van der Waals surface area (Å²) in [5.74, 6) is 1.20. The second-order valence-corrected chi connectivity index (χ2v) is 2.29. The molecule has 0 bridgehead atoms. The van der Waals surface area contributed by atoms with Gasteiger partial charge in [0.1, 0.15) is 0 Å². The minimum absolute atomic E-state index is 0.456. The third-order valence-electron chi connectivity index (χ3n) is 1.37. The first-order valence-corrected chi connectivity index (χ1v) is 3.60. The molecular formula is C6H13N5. The molecule has 62 valence electrons. The average molecular weight is 155 g/mol. The van der Waals surface area contributed by atoms with Crippen LogP contribution in [0.25, 0.3) is 0 Å². The number of aromatic nitrogens is 3. The van der Waals surface area contributed by atoms with Gasteiger partial charge in [-0.15, -0.1) is 0 Å². The van der Waals surface area contributed by atoms with Gasteiger partial charge in [0.2, 0.25) is 5.95 Å². The lowest BCUT2D eigenvalue weighted by Crippen LogP contribution is -2.13. The van der Waals surface area contributed by atoms with E-state index in [2.05, 4.69) is 15.4 Å². The number of aryl methyl sites for hydroxylation is 1. The van der Waals surface area contributed by atoms with Gasteiger partial charge in [0.05, 0.1) is 6.54 Å². The quantitative estimate of drug-likeness (QED) is 0.618. The van der Waals surface area contributed by atoms with Crippen LogP contribution in [0.1, 0.15) is 12.7 Å². The summed E-state index contributed by atoms with van der Waals surface area (Å²) in [6.45, 7) is 3.63. The Hall–Kier alpha value is -1.10. The van der Waals surface area contributed by atoms with Gasteiger partial charge in [0.25, 0.3) is 0 Å². The number of nitrogens with one attached hydrogen (secondary N) is 1. The molecule has 0 amide bonds. The fourth-order valence-corrected chi connectivity index (χ4v) is 0.763. The van der Waals surface area contributed by atoms with E-state index < -0.39 is 0 Å². The number of anilines is 1. The van der Waals surface area contributed by atoms with Gasteiger partial charge in [-0.1, -0.05) is 6.92 Å². The van der Waals surface area contributed by atoms with Crippen molar-refractivity contribution in [2.24, 2.45) is 7.05 Å². The van der Waals surface area contributed by atoms with E-state index >= 15 is 0 Å². The molecule has 0 aliphatic heterocycles. The van der Waals surface area contributed by atoms with Gasteiger partial charge in [-0.2, -0.15) is 10.1 Å². The van der Waals surface area contributed by atoms with E-state index in [-0.39, 0.29) is 0 Å². The first kappa shape index (κ1) is 8.00. The molecule has 3 N–H and O–H groups in total. The van der Waals surface area contributed by atoms with Crippen LogP contribution < -0.4 is 11.1 Å². The Kier molecular flexibility index (Phi) is 2.43. The summed E-state index contributed by atoms with van der Waals surface area (Å²) in [4.78, 5) is 4.01. The van der Waals surface area contributed by atoms with Crippen molar-refractivity contribution in [2.75, 3.05) is 12.3 Å². The summed E-state index contributed by atoms with van der Waals surface area (Å²) in [5, 5.41) is 7.18. The number of hydrogen-bond donors (Lipinski definition) is 2. The summed E-state index contributed by atoms with van der Waals surface area (Å²) >= 11 is 0. The molecule has 0 atom stereocenters. The van der Waals surface area contributed by atoms with Gasteiger partial charge in [0, 0.05) is 7.05 Å². The van der Waals surface area contributed by atoms with Crippen molar-refractivity contribution in [3.63, 3.8) is 0 Å². The topological polar surface area (TPSA) is 68.8 Å². The summed E-state index contributed by atoms with van der Waals surface area (Å²) in [7, 11) is 1.78. The normalized spacial score (nSPS) is 10.4. The fraction of sp³-hybridized carbons (Fsp3) is 0.667. The van der Waals surface area contributed by atoms with Gasteiger partial charge in [-0.3, -0.25) is 0 Å². The van der Waals surface area contributed by atoms with Crippen LogP contribution in [0.3, 0.4) is 0 Å².